The van der Waals surface area contributed by atoms with Crippen LogP contribution < -0.4 is 5.32 Å². The summed E-state index contributed by atoms with van der Waals surface area (Å²) in [6.45, 7) is 8.78. The number of hydrogen-bond acceptors (Lipinski definition) is 7. The molecule has 2 heterocycles. The highest BCUT2D eigenvalue weighted by atomic mass is 16.5. The van der Waals surface area contributed by atoms with Gasteiger partial charge in [0.1, 0.15) is 17.5 Å². The number of aryl methyl sites for hydroxylation is 1. The summed E-state index contributed by atoms with van der Waals surface area (Å²) < 4.78 is 5.64. The second kappa shape index (κ2) is 9.74. The molecule has 37 heavy (non-hydrogen) atoms. The summed E-state index contributed by atoms with van der Waals surface area (Å²) in [5.41, 5.74) is -1.87. The van der Waals surface area contributed by atoms with Gasteiger partial charge in [0.05, 0.1) is 17.2 Å². The summed E-state index contributed by atoms with van der Waals surface area (Å²) >= 11 is 0. The maximum absolute atomic E-state index is 13.5. The topological polar surface area (TPSA) is 130 Å². The molecular weight excluding hydrogens is 474 g/mol. The number of nitrogens with one attached hydrogen (secondary N) is 1. The van der Waals surface area contributed by atoms with Crippen molar-refractivity contribution in [3.8, 4) is 5.75 Å². The first-order chi connectivity index (χ1) is 17.4. The van der Waals surface area contributed by atoms with Gasteiger partial charge in [0, 0.05) is 35.1 Å². The van der Waals surface area contributed by atoms with Gasteiger partial charge >= 0.3 is 5.97 Å². The number of aromatic hydroxyl groups is 1. The zero-order valence-corrected chi connectivity index (χ0v) is 21.8. The lowest BCUT2D eigenvalue weighted by Crippen LogP contribution is -2.39. The molecule has 1 aromatic rings. The Kier molecular flexibility index (Phi) is 6.99. The van der Waals surface area contributed by atoms with Gasteiger partial charge in [-0.3, -0.25) is 14.4 Å². The summed E-state index contributed by atoms with van der Waals surface area (Å²) in [5.74, 6) is -3.86. The largest absolute Gasteiger partial charge is 0.507 e. The van der Waals surface area contributed by atoms with Gasteiger partial charge in [-0.1, -0.05) is 32.1 Å². The van der Waals surface area contributed by atoms with Crippen molar-refractivity contribution in [3.63, 3.8) is 0 Å². The van der Waals surface area contributed by atoms with Crippen LogP contribution in [0.1, 0.15) is 78.8 Å². The number of phenolic OH excluding ortho intramolecular Hbond substituents is 1. The van der Waals surface area contributed by atoms with Gasteiger partial charge in [-0.05, 0) is 51.2 Å². The Bertz CT molecular complexity index is 1290. The molecule has 196 valence electrons. The zero-order chi connectivity index (χ0) is 27.2. The molecule has 1 saturated heterocycles. The van der Waals surface area contributed by atoms with Crippen molar-refractivity contribution in [2.24, 2.45) is 17.8 Å². The molecule has 0 saturated carbocycles. The predicted octanol–water partition coefficient (Wildman–Crippen LogP) is 3.79. The van der Waals surface area contributed by atoms with Gasteiger partial charge in [0.15, 0.2) is 11.6 Å². The van der Waals surface area contributed by atoms with Gasteiger partial charge in [0.2, 0.25) is 5.91 Å². The van der Waals surface area contributed by atoms with Crippen LogP contribution in [0.4, 0.5) is 0 Å². The maximum Gasteiger partial charge on any atom is 0.333 e. The van der Waals surface area contributed by atoms with Crippen LogP contribution in [0.2, 0.25) is 0 Å². The summed E-state index contributed by atoms with van der Waals surface area (Å²) in [5, 5.41) is 25.4. The number of rotatable bonds is 1. The molecule has 1 amide bonds. The maximum atomic E-state index is 13.5. The van der Waals surface area contributed by atoms with Crippen LogP contribution in [0.3, 0.4) is 0 Å². The van der Waals surface area contributed by atoms with Gasteiger partial charge in [-0.2, -0.15) is 0 Å². The third-order valence-corrected chi connectivity index (χ3v) is 7.83. The monoisotopic (exact) mass is 507 g/mol. The van der Waals surface area contributed by atoms with E-state index in [1.165, 1.54) is 19.1 Å². The quantitative estimate of drug-likeness (QED) is 0.389. The molecule has 5 atom stereocenters. The van der Waals surface area contributed by atoms with Gasteiger partial charge in [-0.25, -0.2) is 4.79 Å². The van der Waals surface area contributed by atoms with Crippen molar-refractivity contribution in [2.75, 3.05) is 0 Å². The van der Waals surface area contributed by atoms with Crippen molar-refractivity contribution in [3.05, 3.63) is 63.9 Å². The fourth-order valence-corrected chi connectivity index (χ4v) is 5.21. The Balaban J connectivity index is 1.95. The third kappa shape index (κ3) is 4.44. The predicted molar refractivity (Wildman–Crippen MR) is 136 cm³/mol. The van der Waals surface area contributed by atoms with Crippen LogP contribution >= 0.6 is 0 Å². The number of ether oxygens (including phenoxy) is 1. The van der Waals surface area contributed by atoms with Crippen molar-refractivity contribution >= 4 is 23.4 Å². The Morgan fingerprint density at radius 3 is 2.49 bits per heavy atom. The van der Waals surface area contributed by atoms with Crippen LogP contribution in [0.25, 0.3) is 0 Å². The molecule has 1 aromatic carbocycles. The standard InChI is InChI=1S/C29H33NO7/c1-6-18-8-7-14(2)17(5)37-28(35)16(4)12-20-27(34)30-23-13-22(32)24-19(29(20,23)36)11-15(3)26(33)25(24)21(31)10-9-18/h7-8,11-14,17-18,20,33,36H,6,9-10H2,1-5H3,(H,30,34). The lowest BCUT2D eigenvalue weighted by atomic mass is 9.72. The number of benzene rings is 1. The highest BCUT2D eigenvalue weighted by Crippen LogP contribution is 2.49. The van der Waals surface area contributed by atoms with Crippen molar-refractivity contribution in [1.82, 2.24) is 5.32 Å². The van der Waals surface area contributed by atoms with E-state index >= 15 is 0 Å². The second-order valence-electron chi connectivity index (χ2n) is 10.3. The summed E-state index contributed by atoms with van der Waals surface area (Å²) in [6.07, 6.45) is 7.26. The molecule has 3 N–H and O–H groups in total. The molecule has 0 aromatic heterocycles. The van der Waals surface area contributed by atoms with E-state index < -0.39 is 41.1 Å². The zero-order valence-electron chi connectivity index (χ0n) is 21.8. The molecule has 8 nitrogen and oxygen atoms in total. The lowest BCUT2D eigenvalue weighted by molar-refractivity contribution is -0.144. The van der Waals surface area contributed by atoms with E-state index in [1.807, 2.05) is 26.0 Å². The number of hydrogen-bond donors (Lipinski definition) is 3. The van der Waals surface area contributed by atoms with Crippen molar-refractivity contribution in [2.45, 2.75) is 65.6 Å². The van der Waals surface area contributed by atoms with E-state index in [-0.39, 0.29) is 57.5 Å². The molecule has 4 rings (SSSR count). The number of esters is 1. The molecule has 1 aliphatic carbocycles. The highest BCUT2D eigenvalue weighted by Gasteiger charge is 2.55. The molecule has 3 aliphatic rings. The smallest absolute Gasteiger partial charge is 0.333 e. The Morgan fingerprint density at radius 1 is 1.11 bits per heavy atom. The first-order valence-corrected chi connectivity index (χ1v) is 12.7. The Hall–Kier alpha value is -3.52. The number of allylic oxidation sites excluding steroid dienone is 2. The normalized spacial score (nSPS) is 30.3. The minimum absolute atomic E-state index is 0.0314. The number of aliphatic hydroxyl groups is 1. The molecule has 8 heteroatoms. The number of carbonyl (C=O) groups is 4. The van der Waals surface area contributed by atoms with Gasteiger partial charge < -0.3 is 20.3 Å². The Labute approximate surface area is 216 Å². The number of Topliss-reactive ketones (excluding diaryl/α,β-unsaturated/α-hetero) is 1. The lowest BCUT2D eigenvalue weighted by Gasteiger charge is -2.34. The van der Waals surface area contributed by atoms with Gasteiger partial charge in [-0.15, -0.1) is 0 Å². The van der Waals surface area contributed by atoms with Gasteiger partial charge in [0.25, 0.3) is 0 Å². The molecule has 1 fully saturated rings. The first kappa shape index (κ1) is 26.5. The molecule has 2 aliphatic heterocycles. The fourth-order valence-electron chi connectivity index (χ4n) is 5.21. The number of carbonyl (C=O) groups excluding carboxylic acids is 4. The van der Waals surface area contributed by atoms with Crippen LogP contribution in [-0.2, 0) is 19.9 Å². The molecule has 4 bridgehead atoms. The van der Waals surface area contributed by atoms with E-state index in [0.29, 0.717) is 6.42 Å². The minimum Gasteiger partial charge on any atom is -0.507 e. The second-order valence-corrected chi connectivity index (χ2v) is 10.3. The van der Waals surface area contributed by atoms with Crippen LogP contribution in [0.5, 0.6) is 5.75 Å². The van der Waals surface area contributed by atoms with E-state index in [1.54, 1.807) is 13.8 Å². The number of ketones is 2. The van der Waals surface area contributed by atoms with E-state index in [4.69, 9.17) is 4.74 Å². The van der Waals surface area contributed by atoms with Crippen LogP contribution in [0.15, 0.2) is 41.6 Å². The minimum atomic E-state index is -2.03. The van der Waals surface area contributed by atoms with E-state index in [0.717, 1.165) is 12.5 Å². The molecular formula is C29H33NO7. The molecule has 5 unspecified atom stereocenters. The average Bonchev–Trinajstić information content (AvgIpc) is 3.09. The van der Waals surface area contributed by atoms with Crippen LogP contribution in [0, 0.1) is 24.7 Å². The summed E-state index contributed by atoms with van der Waals surface area (Å²) in [7, 11) is 0. The van der Waals surface area contributed by atoms with Crippen LogP contribution in [-0.4, -0.2) is 39.8 Å². The van der Waals surface area contributed by atoms with Crippen molar-refractivity contribution < 1.29 is 34.1 Å². The number of phenols is 1. The first-order valence-electron chi connectivity index (χ1n) is 12.7. The van der Waals surface area contributed by atoms with E-state index in [2.05, 4.69) is 5.32 Å². The SMILES string of the molecule is CCC1C=CC(C)C(C)OC(=O)C(C)=CC2C(=O)NC3=CC(=O)c4c(cc(C)c(O)c4C(=O)CC1)C32O. The Morgan fingerprint density at radius 2 is 1.81 bits per heavy atom. The van der Waals surface area contributed by atoms with Crippen molar-refractivity contribution in [1.29, 1.82) is 0 Å². The molecule has 0 radical (unpaired) electrons. The third-order valence-electron chi connectivity index (χ3n) is 7.83. The number of amides is 1. The number of cyclic esters (lactones) is 1. The fraction of sp³-hybridized carbons (Fsp3) is 0.448. The highest BCUT2D eigenvalue weighted by molar-refractivity contribution is 6.17. The summed E-state index contributed by atoms with van der Waals surface area (Å²) in [6, 6.07) is 1.43. The van der Waals surface area contributed by atoms with E-state index in [9.17, 15) is 29.4 Å². The summed E-state index contributed by atoms with van der Waals surface area (Å²) in [4.78, 5) is 52.6. The molecule has 0 spiro atoms. The average molecular weight is 508 g/mol.